The number of hydrogen-bond donors (Lipinski definition) is 1. The van der Waals surface area contributed by atoms with Crippen LogP contribution in [-0.2, 0) is 9.53 Å². The maximum absolute atomic E-state index is 13.3. The number of rotatable bonds is 6. The summed E-state index contributed by atoms with van der Waals surface area (Å²) in [6.07, 6.45) is 0. The summed E-state index contributed by atoms with van der Waals surface area (Å²) < 4.78 is 20.2. The Balaban J connectivity index is 2.02. The Kier molecular flexibility index (Phi) is 6.53. The summed E-state index contributed by atoms with van der Waals surface area (Å²) in [5.41, 5.74) is 4.80. The zero-order chi connectivity index (χ0) is 22.7. The first kappa shape index (κ1) is 22.2. The van der Waals surface area contributed by atoms with Crippen LogP contribution in [0.25, 0.3) is 5.69 Å². The number of nitrogens with zero attached hydrogens (tertiary/aromatic N) is 2. The largest absolute Gasteiger partial charge is 0.464 e. The lowest BCUT2D eigenvalue weighted by Crippen LogP contribution is -2.35. The van der Waals surface area contributed by atoms with Crippen LogP contribution in [-0.4, -0.2) is 28.3 Å². The molecule has 3 rings (SSSR count). The van der Waals surface area contributed by atoms with E-state index >= 15 is 0 Å². The predicted octanol–water partition coefficient (Wildman–Crippen LogP) is 4.28. The van der Waals surface area contributed by atoms with E-state index in [0.717, 1.165) is 11.1 Å². The molecule has 1 aromatic heterocycles. The van der Waals surface area contributed by atoms with Crippen LogP contribution in [0.2, 0.25) is 0 Å². The Hall–Kier alpha value is -3.48. The molecule has 0 aliphatic rings. The first-order valence-corrected chi connectivity index (χ1v) is 10.1. The lowest BCUT2D eigenvalue weighted by atomic mass is 10.0. The van der Waals surface area contributed by atoms with E-state index in [-0.39, 0.29) is 18.3 Å². The van der Waals surface area contributed by atoms with Crippen molar-refractivity contribution in [2.75, 3.05) is 6.61 Å². The maximum Gasteiger partial charge on any atom is 0.333 e. The first-order valence-electron chi connectivity index (χ1n) is 10.1. The molecule has 1 heterocycles. The molecule has 0 radical (unpaired) electrons. The van der Waals surface area contributed by atoms with Crippen LogP contribution < -0.4 is 5.32 Å². The fraction of sp³-hybridized carbons (Fsp3) is 0.292. The van der Waals surface area contributed by atoms with E-state index < -0.39 is 12.0 Å². The second kappa shape index (κ2) is 9.12. The summed E-state index contributed by atoms with van der Waals surface area (Å²) in [7, 11) is 0. The maximum atomic E-state index is 13.3. The molecule has 2 aromatic carbocycles. The van der Waals surface area contributed by atoms with Gasteiger partial charge in [0.15, 0.2) is 6.04 Å². The number of benzene rings is 2. The standard InChI is InChI=1S/C24H26FN3O3/c1-6-31-24(30)22(26-23(29)18-12-14(2)11-15(3)13-18)21-16(4)27-28(17(21)5)20-9-7-19(25)8-10-20/h7-13,22H,6H2,1-5H3,(H,26,29)/t22-/m0/s1. The monoisotopic (exact) mass is 423 g/mol. The van der Waals surface area contributed by atoms with Crippen molar-refractivity contribution in [3.63, 3.8) is 0 Å². The Morgan fingerprint density at radius 2 is 1.68 bits per heavy atom. The zero-order valence-electron chi connectivity index (χ0n) is 18.3. The lowest BCUT2D eigenvalue weighted by Gasteiger charge is -2.19. The fourth-order valence-corrected chi connectivity index (χ4v) is 3.70. The summed E-state index contributed by atoms with van der Waals surface area (Å²) in [5, 5.41) is 7.33. The van der Waals surface area contributed by atoms with Crippen LogP contribution in [0.5, 0.6) is 0 Å². The van der Waals surface area contributed by atoms with Crippen molar-refractivity contribution in [1.82, 2.24) is 15.1 Å². The van der Waals surface area contributed by atoms with Crippen molar-refractivity contribution in [3.8, 4) is 5.69 Å². The molecule has 31 heavy (non-hydrogen) atoms. The van der Waals surface area contributed by atoms with Gasteiger partial charge in [0.05, 0.1) is 18.0 Å². The number of carbonyl (C=O) groups is 2. The molecule has 0 unspecified atom stereocenters. The zero-order valence-corrected chi connectivity index (χ0v) is 18.3. The number of esters is 1. The summed E-state index contributed by atoms with van der Waals surface area (Å²) in [5.74, 6) is -1.29. The van der Waals surface area contributed by atoms with Crippen LogP contribution in [0.3, 0.4) is 0 Å². The van der Waals surface area contributed by atoms with Gasteiger partial charge in [-0.2, -0.15) is 5.10 Å². The van der Waals surface area contributed by atoms with E-state index in [9.17, 15) is 14.0 Å². The van der Waals surface area contributed by atoms with E-state index in [0.29, 0.717) is 28.2 Å². The molecule has 0 saturated carbocycles. The quantitative estimate of drug-likeness (QED) is 0.601. The summed E-state index contributed by atoms with van der Waals surface area (Å²) in [6, 6.07) is 10.4. The fourth-order valence-electron chi connectivity index (χ4n) is 3.70. The van der Waals surface area contributed by atoms with Gasteiger partial charge < -0.3 is 10.1 Å². The van der Waals surface area contributed by atoms with Crippen molar-refractivity contribution in [2.45, 2.75) is 40.7 Å². The molecule has 0 aliphatic heterocycles. The number of ether oxygens (including phenoxy) is 1. The summed E-state index contributed by atoms with van der Waals surface area (Å²) in [4.78, 5) is 25.8. The highest BCUT2D eigenvalue weighted by Crippen LogP contribution is 2.26. The third-order valence-corrected chi connectivity index (χ3v) is 4.99. The van der Waals surface area contributed by atoms with Crippen LogP contribution in [0.1, 0.15) is 51.4 Å². The molecule has 1 N–H and O–H groups in total. The molecule has 0 saturated heterocycles. The number of halogens is 1. The van der Waals surface area contributed by atoms with Gasteiger partial charge in [0.25, 0.3) is 5.91 Å². The second-order valence-corrected chi connectivity index (χ2v) is 7.51. The van der Waals surface area contributed by atoms with E-state index in [1.54, 1.807) is 49.7 Å². The molecular formula is C24H26FN3O3. The van der Waals surface area contributed by atoms with Crippen LogP contribution in [0.4, 0.5) is 4.39 Å². The highest BCUT2D eigenvalue weighted by atomic mass is 19.1. The van der Waals surface area contributed by atoms with Gasteiger partial charge in [-0.15, -0.1) is 0 Å². The van der Waals surface area contributed by atoms with Crippen LogP contribution in [0, 0.1) is 33.5 Å². The van der Waals surface area contributed by atoms with Gasteiger partial charge in [0.1, 0.15) is 5.82 Å². The lowest BCUT2D eigenvalue weighted by molar-refractivity contribution is -0.145. The van der Waals surface area contributed by atoms with Crippen LogP contribution >= 0.6 is 0 Å². The molecule has 0 spiro atoms. The molecular weight excluding hydrogens is 397 g/mol. The molecule has 0 aliphatic carbocycles. The highest BCUT2D eigenvalue weighted by molar-refractivity contribution is 5.97. The highest BCUT2D eigenvalue weighted by Gasteiger charge is 2.31. The summed E-state index contributed by atoms with van der Waals surface area (Å²) in [6.45, 7) is 9.27. The molecule has 6 nitrogen and oxygen atoms in total. The number of amides is 1. The Morgan fingerprint density at radius 1 is 1.06 bits per heavy atom. The van der Waals surface area contributed by atoms with Crippen molar-refractivity contribution in [1.29, 1.82) is 0 Å². The summed E-state index contributed by atoms with van der Waals surface area (Å²) >= 11 is 0. The van der Waals surface area contributed by atoms with Crippen molar-refractivity contribution < 1.29 is 18.7 Å². The average Bonchev–Trinajstić information content (AvgIpc) is 3.00. The van der Waals surface area contributed by atoms with E-state index in [4.69, 9.17) is 4.74 Å². The minimum absolute atomic E-state index is 0.180. The van der Waals surface area contributed by atoms with Crippen LogP contribution in [0.15, 0.2) is 42.5 Å². The molecule has 0 bridgehead atoms. The second-order valence-electron chi connectivity index (χ2n) is 7.51. The predicted molar refractivity (Wildman–Crippen MR) is 116 cm³/mol. The van der Waals surface area contributed by atoms with Gasteiger partial charge in [-0.05, 0) is 71.0 Å². The third-order valence-electron chi connectivity index (χ3n) is 4.99. The molecule has 3 aromatic rings. The Morgan fingerprint density at radius 3 is 2.26 bits per heavy atom. The topological polar surface area (TPSA) is 73.2 Å². The van der Waals surface area contributed by atoms with E-state index in [2.05, 4.69) is 10.4 Å². The Bertz CT molecular complexity index is 1100. The number of nitrogens with one attached hydrogen (secondary N) is 1. The molecule has 1 atom stereocenters. The van der Waals surface area contributed by atoms with Gasteiger partial charge in [0, 0.05) is 16.8 Å². The van der Waals surface area contributed by atoms with E-state index in [1.165, 1.54) is 12.1 Å². The first-order chi connectivity index (χ1) is 14.7. The minimum Gasteiger partial charge on any atom is -0.464 e. The van der Waals surface area contributed by atoms with E-state index in [1.807, 2.05) is 19.9 Å². The molecule has 1 amide bonds. The van der Waals surface area contributed by atoms with Gasteiger partial charge in [0.2, 0.25) is 0 Å². The smallest absolute Gasteiger partial charge is 0.333 e. The number of aryl methyl sites for hydroxylation is 3. The van der Waals surface area contributed by atoms with Crippen molar-refractivity contribution in [2.24, 2.45) is 0 Å². The molecule has 7 heteroatoms. The van der Waals surface area contributed by atoms with Gasteiger partial charge in [-0.25, -0.2) is 13.9 Å². The minimum atomic E-state index is -1.03. The Labute approximate surface area is 181 Å². The third kappa shape index (κ3) is 4.82. The van der Waals surface area contributed by atoms with Crippen molar-refractivity contribution >= 4 is 11.9 Å². The number of carbonyl (C=O) groups excluding carboxylic acids is 2. The molecule has 0 fully saturated rings. The molecule has 162 valence electrons. The normalized spacial score (nSPS) is 11.8. The number of hydrogen-bond acceptors (Lipinski definition) is 4. The van der Waals surface area contributed by atoms with Gasteiger partial charge in [-0.1, -0.05) is 17.2 Å². The van der Waals surface area contributed by atoms with Gasteiger partial charge in [-0.3, -0.25) is 4.79 Å². The van der Waals surface area contributed by atoms with Crippen molar-refractivity contribution in [3.05, 3.63) is 81.9 Å². The van der Waals surface area contributed by atoms with Gasteiger partial charge >= 0.3 is 5.97 Å². The SMILES string of the molecule is CCOC(=O)[C@@H](NC(=O)c1cc(C)cc(C)c1)c1c(C)nn(-c2ccc(F)cc2)c1C. The number of aromatic nitrogens is 2. The average molecular weight is 423 g/mol.